The van der Waals surface area contributed by atoms with Crippen molar-refractivity contribution in [3.63, 3.8) is 0 Å². The summed E-state index contributed by atoms with van der Waals surface area (Å²) in [6.07, 6.45) is -1.79. The van der Waals surface area contributed by atoms with Crippen LogP contribution in [0.1, 0.15) is 18.3 Å². The molecule has 168 valence electrons. The number of aliphatic hydroxyl groups excluding tert-OH is 3. The summed E-state index contributed by atoms with van der Waals surface area (Å²) in [6, 6.07) is 12.0. The molecular formula is C22H24N4O6. The number of ether oxygens (including phenoxy) is 1. The van der Waals surface area contributed by atoms with Gasteiger partial charge in [0.25, 0.3) is 5.56 Å². The van der Waals surface area contributed by atoms with Gasteiger partial charge in [0.05, 0.1) is 18.3 Å². The summed E-state index contributed by atoms with van der Waals surface area (Å²) < 4.78 is 7.62. The number of aromatic nitrogens is 3. The zero-order chi connectivity index (χ0) is 22.8. The molecule has 1 aromatic carbocycles. The average molecular weight is 440 g/mol. The van der Waals surface area contributed by atoms with Gasteiger partial charge in [-0.25, -0.2) is 4.79 Å². The predicted octanol–water partition coefficient (Wildman–Crippen LogP) is -0.296. The van der Waals surface area contributed by atoms with Crippen LogP contribution in [0.3, 0.4) is 0 Å². The molecule has 10 nitrogen and oxygen atoms in total. The second-order valence-corrected chi connectivity index (χ2v) is 7.61. The molecule has 0 radical (unpaired) electrons. The van der Waals surface area contributed by atoms with Gasteiger partial charge >= 0.3 is 5.69 Å². The minimum Gasteiger partial charge on any atom is -0.398 e. The molecule has 4 atom stereocenters. The molecule has 4 unspecified atom stereocenters. The summed E-state index contributed by atoms with van der Waals surface area (Å²) in [5.74, 6) is 0. The Labute approximate surface area is 182 Å². The SMILES string of the molecule is Nc1ccccc1-c1ccnc(Cn2c(=O)ccn(C3OC(CCO)C(O)C3O)c2=O)c1. The fourth-order valence-corrected chi connectivity index (χ4v) is 3.85. The molecule has 0 bridgehead atoms. The van der Waals surface area contributed by atoms with Crippen LogP contribution in [0.25, 0.3) is 11.1 Å². The summed E-state index contributed by atoms with van der Waals surface area (Å²) in [5.41, 5.74) is 7.44. The van der Waals surface area contributed by atoms with Gasteiger partial charge in [0, 0.05) is 36.3 Å². The largest absolute Gasteiger partial charge is 0.398 e. The third-order valence-corrected chi connectivity index (χ3v) is 5.53. The van der Waals surface area contributed by atoms with Crippen LogP contribution in [0, 0.1) is 0 Å². The molecule has 0 saturated carbocycles. The zero-order valence-electron chi connectivity index (χ0n) is 17.1. The molecule has 0 aliphatic carbocycles. The lowest BCUT2D eigenvalue weighted by atomic mass is 10.0. The Bertz CT molecular complexity index is 1220. The van der Waals surface area contributed by atoms with E-state index >= 15 is 0 Å². The maximum atomic E-state index is 13.1. The first-order chi connectivity index (χ1) is 15.4. The van der Waals surface area contributed by atoms with Crippen molar-refractivity contribution in [3.8, 4) is 11.1 Å². The number of hydrogen-bond acceptors (Lipinski definition) is 8. The molecule has 1 fully saturated rings. The maximum Gasteiger partial charge on any atom is 0.333 e. The van der Waals surface area contributed by atoms with E-state index in [0.29, 0.717) is 11.4 Å². The fraction of sp³-hybridized carbons (Fsp3) is 0.318. The molecule has 2 aromatic heterocycles. The van der Waals surface area contributed by atoms with Crippen LogP contribution in [-0.4, -0.2) is 54.4 Å². The molecule has 5 N–H and O–H groups in total. The van der Waals surface area contributed by atoms with E-state index in [-0.39, 0.29) is 19.6 Å². The van der Waals surface area contributed by atoms with Crippen LogP contribution in [0.2, 0.25) is 0 Å². The van der Waals surface area contributed by atoms with Crippen molar-refractivity contribution in [2.75, 3.05) is 12.3 Å². The number of para-hydroxylation sites is 1. The Balaban J connectivity index is 1.67. The molecule has 0 spiro atoms. The Morgan fingerprint density at radius 3 is 2.62 bits per heavy atom. The molecule has 0 amide bonds. The lowest BCUT2D eigenvalue weighted by Crippen LogP contribution is -2.43. The summed E-state index contributed by atoms with van der Waals surface area (Å²) in [4.78, 5) is 29.8. The number of nitrogens with two attached hydrogens (primary N) is 1. The number of nitrogens with zero attached hydrogens (tertiary/aromatic N) is 3. The summed E-state index contributed by atoms with van der Waals surface area (Å²) >= 11 is 0. The number of anilines is 1. The van der Waals surface area contributed by atoms with Gasteiger partial charge in [0.2, 0.25) is 0 Å². The van der Waals surface area contributed by atoms with Crippen LogP contribution >= 0.6 is 0 Å². The second kappa shape index (κ2) is 9.05. The van der Waals surface area contributed by atoms with Gasteiger partial charge in [-0.15, -0.1) is 0 Å². The van der Waals surface area contributed by atoms with E-state index in [1.807, 2.05) is 18.2 Å². The fourth-order valence-electron chi connectivity index (χ4n) is 3.85. The normalized spacial score (nSPS) is 22.8. The van der Waals surface area contributed by atoms with Crippen LogP contribution in [-0.2, 0) is 11.3 Å². The second-order valence-electron chi connectivity index (χ2n) is 7.61. The van der Waals surface area contributed by atoms with E-state index in [2.05, 4.69) is 4.98 Å². The van der Waals surface area contributed by atoms with Gasteiger partial charge in [0.15, 0.2) is 6.23 Å². The number of aliphatic hydroxyl groups is 3. The summed E-state index contributed by atoms with van der Waals surface area (Å²) in [5, 5.41) is 29.6. The average Bonchev–Trinajstić information content (AvgIpc) is 3.06. The smallest absolute Gasteiger partial charge is 0.333 e. The molecule has 1 saturated heterocycles. The first kappa shape index (κ1) is 21.9. The Hall–Kier alpha value is -3.31. The van der Waals surface area contributed by atoms with Crippen molar-refractivity contribution in [2.45, 2.75) is 37.5 Å². The molecule has 32 heavy (non-hydrogen) atoms. The summed E-state index contributed by atoms with van der Waals surface area (Å²) in [7, 11) is 0. The van der Waals surface area contributed by atoms with E-state index in [1.54, 1.807) is 24.4 Å². The van der Waals surface area contributed by atoms with E-state index in [9.17, 15) is 19.8 Å². The maximum absolute atomic E-state index is 13.1. The Morgan fingerprint density at radius 2 is 1.88 bits per heavy atom. The molecule has 1 aliphatic heterocycles. The van der Waals surface area contributed by atoms with Crippen molar-refractivity contribution in [2.24, 2.45) is 0 Å². The van der Waals surface area contributed by atoms with E-state index in [1.165, 1.54) is 12.3 Å². The zero-order valence-corrected chi connectivity index (χ0v) is 17.1. The van der Waals surface area contributed by atoms with Gasteiger partial charge in [-0.05, 0) is 30.2 Å². The topological polar surface area (TPSA) is 153 Å². The highest BCUT2D eigenvalue weighted by Gasteiger charge is 2.43. The summed E-state index contributed by atoms with van der Waals surface area (Å²) in [6.45, 7) is -0.353. The van der Waals surface area contributed by atoms with Crippen molar-refractivity contribution >= 4 is 5.69 Å². The van der Waals surface area contributed by atoms with E-state index in [4.69, 9.17) is 15.6 Å². The lowest BCUT2D eigenvalue weighted by Gasteiger charge is -2.18. The van der Waals surface area contributed by atoms with Crippen molar-refractivity contribution in [1.82, 2.24) is 14.1 Å². The first-order valence-corrected chi connectivity index (χ1v) is 10.1. The number of hydrogen-bond donors (Lipinski definition) is 4. The van der Waals surface area contributed by atoms with Gasteiger partial charge in [0.1, 0.15) is 12.2 Å². The van der Waals surface area contributed by atoms with Gasteiger partial charge in [-0.1, -0.05) is 18.2 Å². The van der Waals surface area contributed by atoms with Crippen molar-refractivity contribution in [3.05, 3.63) is 81.4 Å². The predicted molar refractivity (Wildman–Crippen MR) is 116 cm³/mol. The lowest BCUT2D eigenvalue weighted by molar-refractivity contribution is -0.0458. The first-order valence-electron chi connectivity index (χ1n) is 10.1. The molecule has 4 rings (SSSR count). The highest BCUT2D eigenvalue weighted by Crippen LogP contribution is 2.30. The van der Waals surface area contributed by atoms with Crippen LogP contribution in [0.15, 0.2) is 64.4 Å². The van der Waals surface area contributed by atoms with Gasteiger partial charge < -0.3 is 25.8 Å². The molecule has 1 aliphatic rings. The Kier molecular flexibility index (Phi) is 6.19. The minimum atomic E-state index is -1.39. The number of nitrogen functional groups attached to an aromatic ring is 1. The van der Waals surface area contributed by atoms with E-state index < -0.39 is 35.8 Å². The number of pyridine rings is 1. The van der Waals surface area contributed by atoms with Crippen LogP contribution in [0.4, 0.5) is 5.69 Å². The highest BCUT2D eigenvalue weighted by molar-refractivity contribution is 5.76. The highest BCUT2D eigenvalue weighted by atomic mass is 16.6. The van der Waals surface area contributed by atoms with Crippen molar-refractivity contribution < 1.29 is 20.1 Å². The molecule has 3 heterocycles. The number of benzene rings is 1. The molecule has 3 aromatic rings. The third kappa shape index (κ3) is 4.08. The van der Waals surface area contributed by atoms with E-state index in [0.717, 1.165) is 20.3 Å². The minimum absolute atomic E-state index is 0.0996. The molecule has 10 heteroatoms. The van der Waals surface area contributed by atoms with Crippen molar-refractivity contribution in [1.29, 1.82) is 0 Å². The van der Waals surface area contributed by atoms with Crippen LogP contribution in [0.5, 0.6) is 0 Å². The molecular weight excluding hydrogens is 416 g/mol. The van der Waals surface area contributed by atoms with Gasteiger partial charge in [-0.3, -0.25) is 18.9 Å². The Morgan fingerprint density at radius 1 is 1.09 bits per heavy atom. The quantitative estimate of drug-likeness (QED) is 0.381. The standard InChI is InChI=1S/C22H24N4O6/c23-16-4-2-1-3-15(16)13-5-8-24-14(11-13)12-26-18(28)6-9-25(22(26)31)21-20(30)19(29)17(32-21)7-10-27/h1-6,8-9,11,17,19-21,27,29-30H,7,10,12,23H2. The monoisotopic (exact) mass is 440 g/mol. The third-order valence-electron chi connectivity index (χ3n) is 5.53. The number of rotatable bonds is 6. The van der Waals surface area contributed by atoms with Gasteiger partial charge in [-0.2, -0.15) is 0 Å². The van der Waals surface area contributed by atoms with Crippen LogP contribution < -0.4 is 17.0 Å².